The molecule has 8 heteroatoms. The maximum Gasteiger partial charge on any atom is 0.433 e. The molecule has 1 fully saturated rings. The van der Waals surface area contributed by atoms with Crippen molar-refractivity contribution in [3.8, 4) is 23.0 Å². The van der Waals surface area contributed by atoms with Gasteiger partial charge in [-0.15, -0.1) is 0 Å². The van der Waals surface area contributed by atoms with Crippen molar-refractivity contribution in [1.29, 1.82) is 0 Å². The molecule has 0 aliphatic heterocycles. The highest BCUT2D eigenvalue weighted by molar-refractivity contribution is 7.92. The summed E-state index contributed by atoms with van der Waals surface area (Å²) in [4.78, 5) is -0.0511. The van der Waals surface area contributed by atoms with E-state index in [1.54, 1.807) is 36.4 Å². The third-order valence-corrected chi connectivity index (χ3v) is 8.58. The van der Waals surface area contributed by atoms with Gasteiger partial charge in [-0.2, -0.15) is 13.2 Å². The Kier molecular flexibility index (Phi) is 7.45. The van der Waals surface area contributed by atoms with Crippen molar-refractivity contribution in [3.05, 3.63) is 120 Å². The van der Waals surface area contributed by atoms with E-state index >= 15 is 0 Å². The first-order valence-electron chi connectivity index (χ1n) is 12.7. The largest absolute Gasteiger partial charge is 0.433 e. The minimum Gasteiger partial charge on any atom is -0.366 e. The van der Waals surface area contributed by atoms with Crippen molar-refractivity contribution in [1.82, 2.24) is 0 Å². The monoisotopic (exact) mass is 561 g/mol. The van der Waals surface area contributed by atoms with Gasteiger partial charge >= 0.3 is 6.18 Å². The molecule has 5 rings (SSSR count). The van der Waals surface area contributed by atoms with Gasteiger partial charge in [0.1, 0.15) is 0 Å². The number of rotatable bonds is 7. The van der Waals surface area contributed by atoms with Crippen molar-refractivity contribution in [2.24, 2.45) is 5.92 Å². The lowest BCUT2D eigenvalue weighted by molar-refractivity contribution is -0.240. The summed E-state index contributed by atoms with van der Waals surface area (Å²) in [6, 6.07) is 28.7. The molecule has 1 N–H and O–H groups in total. The Balaban J connectivity index is 1.62. The highest BCUT2D eigenvalue weighted by Crippen LogP contribution is 2.44. The molecule has 4 aromatic carbocycles. The number of hydrogen-bond acceptors (Lipinski definition) is 3. The lowest BCUT2D eigenvalue weighted by Crippen LogP contribution is -2.43. The number of aliphatic hydroxyl groups is 1. The first kappa shape index (κ1) is 27.5. The maximum absolute atomic E-state index is 14.7. The van der Waals surface area contributed by atoms with Crippen LogP contribution in [0.25, 0.3) is 11.1 Å². The second-order valence-electron chi connectivity index (χ2n) is 9.71. The van der Waals surface area contributed by atoms with E-state index in [0.29, 0.717) is 0 Å². The number of para-hydroxylation sites is 1. The minimum absolute atomic E-state index is 0.00523. The summed E-state index contributed by atoms with van der Waals surface area (Å²) in [6.45, 7) is -0.00523. The molecule has 0 aromatic heterocycles. The summed E-state index contributed by atoms with van der Waals surface area (Å²) in [6.07, 6.45) is -3.69. The van der Waals surface area contributed by atoms with Crippen LogP contribution in [-0.4, -0.2) is 26.2 Å². The molecule has 1 aliphatic carbocycles. The predicted octanol–water partition coefficient (Wildman–Crippen LogP) is 6.76. The van der Waals surface area contributed by atoms with E-state index in [1.165, 1.54) is 30.3 Å². The van der Waals surface area contributed by atoms with E-state index in [4.69, 9.17) is 0 Å². The molecule has 0 spiro atoms. The second-order valence-corrected chi connectivity index (χ2v) is 11.6. The van der Waals surface area contributed by atoms with Crippen molar-refractivity contribution in [3.63, 3.8) is 0 Å². The average Bonchev–Trinajstić information content (AvgIpc) is 3.79. The van der Waals surface area contributed by atoms with Gasteiger partial charge in [0, 0.05) is 17.7 Å². The molecule has 0 heterocycles. The topological polar surface area (TPSA) is 57.6 Å². The summed E-state index contributed by atoms with van der Waals surface area (Å²) in [5.41, 5.74) is -2.65. The SMILES string of the molecule is O=S(=O)(c1ccccc1)N(CC1CC1)c1ccccc1C(O)(C#Cc1cccc(-c2ccccc2)c1)C(F)(F)F. The third kappa shape index (κ3) is 5.62. The van der Waals surface area contributed by atoms with Crippen LogP contribution in [0.1, 0.15) is 24.0 Å². The number of halogens is 3. The van der Waals surface area contributed by atoms with Crippen LogP contribution in [0.2, 0.25) is 0 Å². The molecule has 204 valence electrons. The van der Waals surface area contributed by atoms with Gasteiger partial charge in [0.2, 0.25) is 0 Å². The van der Waals surface area contributed by atoms with Gasteiger partial charge in [0.05, 0.1) is 10.6 Å². The normalized spacial score (nSPS) is 15.0. The molecule has 1 aliphatic rings. The smallest absolute Gasteiger partial charge is 0.366 e. The number of benzene rings is 4. The Bertz CT molecular complexity index is 1660. The molecule has 0 saturated heterocycles. The summed E-state index contributed by atoms with van der Waals surface area (Å²) in [5, 5.41) is 11.3. The first-order valence-corrected chi connectivity index (χ1v) is 14.2. The van der Waals surface area contributed by atoms with Crippen LogP contribution in [0.3, 0.4) is 0 Å². The summed E-state index contributed by atoms with van der Waals surface area (Å²) in [5.74, 6) is 4.58. The van der Waals surface area contributed by atoms with Crippen LogP contribution < -0.4 is 4.31 Å². The Morgan fingerprint density at radius 2 is 1.40 bits per heavy atom. The summed E-state index contributed by atoms with van der Waals surface area (Å²) < 4.78 is 72.3. The van der Waals surface area contributed by atoms with Gasteiger partial charge in [-0.3, -0.25) is 4.31 Å². The molecule has 4 aromatic rings. The number of anilines is 1. The zero-order chi connectivity index (χ0) is 28.4. The standard InChI is InChI=1S/C32H26F3NO3S/c33-32(34,35)31(37,21-20-24-10-9-13-27(22-24)26-11-3-1-4-12-26)29-16-7-8-17-30(29)36(23-25-18-19-25)40(38,39)28-14-5-2-6-15-28/h1-17,22,25,37H,18-19,23H2. The molecule has 1 atom stereocenters. The Labute approximate surface area is 231 Å². The van der Waals surface area contributed by atoms with E-state index in [-0.39, 0.29) is 28.6 Å². The number of sulfonamides is 1. The van der Waals surface area contributed by atoms with Crippen molar-refractivity contribution in [2.45, 2.75) is 29.5 Å². The van der Waals surface area contributed by atoms with Crippen LogP contribution in [-0.2, 0) is 15.6 Å². The van der Waals surface area contributed by atoms with Crippen molar-refractivity contribution in [2.75, 3.05) is 10.8 Å². The lowest BCUT2D eigenvalue weighted by atomic mass is 9.91. The highest BCUT2D eigenvalue weighted by atomic mass is 32.2. The fourth-order valence-electron chi connectivity index (χ4n) is 4.44. The van der Waals surface area contributed by atoms with Crippen LogP contribution in [0.5, 0.6) is 0 Å². The fraction of sp³-hybridized carbons (Fsp3) is 0.188. The van der Waals surface area contributed by atoms with E-state index in [2.05, 4.69) is 11.8 Å². The zero-order valence-electron chi connectivity index (χ0n) is 21.3. The first-order chi connectivity index (χ1) is 19.1. The van der Waals surface area contributed by atoms with Gasteiger partial charge in [-0.05, 0) is 66.1 Å². The van der Waals surface area contributed by atoms with Crippen molar-refractivity contribution >= 4 is 15.7 Å². The van der Waals surface area contributed by atoms with E-state index < -0.39 is 27.4 Å². The summed E-state index contributed by atoms with van der Waals surface area (Å²) >= 11 is 0. The third-order valence-electron chi connectivity index (χ3n) is 6.78. The van der Waals surface area contributed by atoms with Gasteiger partial charge in [0.25, 0.3) is 15.6 Å². The van der Waals surface area contributed by atoms with Crippen LogP contribution in [0, 0.1) is 17.8 Å². The average molecular weight is 562 g/mol. The predicted molar refractivity (Wildman–Crippen MR) is 149 cm³/mol. The Hall–Kier alpha value is -4.06. The van der Waals surface area contributed by atoms with Gasteiger partial charge in [-0.25, -0.2) is 8.42 Å². The highest BCUT2D eigenvalue weighted by Gasteiger charge is 2.56. The quantitative estimate of drug-likeness (QED) is 0.254. The number of nitrogens with zero attached hydrogens (tertiary/aromatic N) is 1. The fourth-order valence-corrected chi connectivity index (χ4v) is 6.02. The number of hydrogen-bond donors (Lipinski definition) is 1. The molecule has 0 radical (unpaired) electrons. The van der Waals surface area contributed by atoms with Crippen LogP contribution in [0.4, 0.5) is 18.9 Å². The molecule has 0 bridgehead atoms. The molecule has 0 amide bonds. The van der Waals surface area contributed by atoms with Gasteiger partial charge in [0.15, 0.2) is 0 Å². The second kappa shape index (κ2) is 10.8. The molecule has 1 unspecified atom stereocenters. The molecule has 1 saturated carbocycles. The summed E-state index contributed by atoms with van der Waals surface area (Å²) in [7, 11) is -4.23. The minimum atomic E-state index is -5.23. The number of alkyl halides is 3. The lowest BCUT2D eigenvalue weighted by Gasteiger charge is -2.32. The zero-order valence-corrected chi connectivity index (χ0v) is 22.2. The van der Waals surface area contributed by atoms with E-state index in [0.717, 1.165) is 34.3 Å². The van der Waals surface area contributed by atoms with Gasteiger partial charge in [-0.1, -0.05) is 84.8 Å². The van der Waals surface area contributed by atoms with E-state index in [1.807, 2.05) is 36.4 Å². The molecule has 4 nitrogen and oxygen atoms in total. The van der Waals surface area contributed by atoms with E-state index in [9.17, 15) is 26.7 Å². The van der Waals surface area contributed by atoms with Crippen LogP contribution >= 0.6 is 0 Å². The molecular formula is C32H26F3NO3S. The molecular weight excluding hydrogens is 535 g/mol. The van der Waals surface area contributed by atoms with Gasteiger partial charge < -0.3 is 5.11 Å². The van der Waals surface area contributed by atoms with Crippen molar-refractivity contribution < 1.29 is 26.7 Å². The molecule has 40 heavy (non-hydrogen) atoms. The van der Waals surface area contributed by atoms with Crippen LogP contribution in [0.15, 0.2) is 114 Å². The Morgan fingerprint density at radius 3 is 2.05 bits per heavy atom. The Morgan fingerprint density at radius 1 is 0.800 bits per heavy atom. The maximum atomic E-state index is 14.7.